The third kappa shape index (κ3) is 2.18. The van der Waals surface area contributed by atoms with Crippen LogP contribution < -0.4 is 10.5 Å². The molecule has 0 aliphatic rings. The van der Waals surface area contributed by atoms with E-state index in [1.807, 2.05) is 6.92 Å². The van der Waals surface area contributed by atoms with Gasteiger partial charge in [0.25, 0.3) is 0 Å². The van der Waals surface area contributed by atoms with Gasteiger partial charge in [0.1, 0.15) is 11.5 Å². The minimum Gasteiger partial charge on any atom is -0.489 e. The van der Waals surface area contributed by atoms with Crippen molar-refractivity contribution in [2.24, 2.45) is 0 Å². The van der Waals surface area contributed by atoms with Gasteiger partial charge in [0.15, 0.2) is 11.6 Å². The topological polar surface area (TPSA) is 61.0 Å². The second kappa shape index (κ2) is 4.78. The maximum atomic E-state index is 13.6. The van der Waals surface area contributed by atoms with Gasteiger partial charge in [-0.3, -0.25) is 4.98 Å². The van der Waals surface area contributed by atoms with Crippen molar-refractivity contribution in [2.45, 2.75) is 6.92 Å². The number of hydrogen-bond donors (Lipinski definition) is 1. The normalized spacial score (nSPS) is 10.2. The van der Waals surface area contributed by atoms with Crippen molar-refractivity contribution in [2.75, 3.05) is 12.3 Å². The number of nitrogens with two attached hydrogens (primary N) is 1. The lowest BCUT2D eigenvalue weighted by Gasteiger charge is -2.11. The quantitative estimate of drug-likeness (QED) is 0.883. The standard InChI is InChI=1S/C12H12FN3O/c1-2-17-11-8(5-7-16-12(11)14)10-9(13)4-3-6-15-10/h3-7H,2H2,1H3,(H2,14,16). The predicted molar refractivity (Wildman–Crippen MR) is 63.0 cm³/mol. The number of ether oxygens (including phenoxy) is 1. The number of halogens is 1. The summed E-state index contributed by atoms with van der Waals surface area (Å²) in [6.07, 6.45) is 3.02. The number of pyridine rings is 2. The molecule has 5 heteroatoms. The molecule has 88 valence electrons. The first-order valence-corrected chi connectivity index (χ1v) is 5.22. The SMILES string of the molecule is CCOc1c(-c2ncccc2F)ccnc1N. The van der Waals surface area contributed by atoms with Gasteiger partial charge in [-0.05, 0) is 25.1 Å². The Bertz CT molecular complexity index is 531. The number of nitrogen functional groups attached to an aromatic ring is 1. The Labute approximate surface area is 98.3 Å². The van der Waals surface area contributed by atoms with Gasteiger partial charge in [-0.15, -0.1) is 0 Å². The summed E-state index contributed by atoms with van der Waals surface area (Å²) in [7, 11) is 0. The second-order valence-electron chi connectivity index (χ2n) is 3.34. The van der Waals surface area contributed by atoms with Crippen LogP contribution in [0, 0.1) is 5.82 Å². The Morgan fingerprint density at radius 1 is 1.29 bits per heavy atom. The molecule has 0 unspecified atom stereocenters. The van der Waals surface area contributed by atoms with Crippen molar-refractivity contribution in [3.05, 3.63) is 36.4 Å². The van der Waals surface area contributed by atoms with Crippen LogP contribution in [0.25, 0.3) is 11.3 Å². The van der Waals surface area contributed by atoms with E-state index < -0.39 is 5.82 Å². The van der Waals surface area contributed by atoms with Gasteiger partial charge in [0.05, 0.1) is 12.2 Å². The zero-order valence-corrected chi connectivity index (χ0v) is 9.35. The molecule has 2 heterocycles. The molecular weight excluding hydrogens is 221 g/mol. The molecule has 0 aliphatic carbocycles. The predicted octanol–water partition coefficient (Wildman–Crippen LogP) is 2.26. The highest BCUT2D eigenvalue weighted by atomic mass is 19.1. The number of anilines is 1. The zero-order chi connectivity index (χ0) is 12.3. The minimum atomic E-state index is -0.418. The van der Waals surface area contributed by atoms with Crippen molar-refractivity contribution < 1.29 is 9.13 Å². The fourth-order valence-corrected chi connectivity index (χ4v) is 1.53. The molecule has 0 saturated carbocycles. The van der Waals surface area contributed by atoms with Crippen LogP contribution in [0.2, 0.25) is 0 Å². The molecule has 0 fully saturated rings. The Hall–Kier alpha value is -2.17. The summed E-state index contributed by atoms with van der Waals surface area (Å²) in [6.45, 7) is 2.25. The lowest BCUT2D eigenvalue weighted by atomic mass is 10.1. The van der Waals surface area contributed by atoms with Crippen LogP contribution in [0.1, 0.15) is 6.92 Å². The van der Waals surface area contributed by atoms with Crippen LogP contribution in [0.4, 0.5) is 10.2 Å². The Morgan fingerprint density at radius 3 is 2.82 bits per heavy atom. The van der Waals surface area contributed by atoms with Crippen molar-refractivity contribution >= 4 is 5.82 Å². The van der Waals surface area contributed by atoms with E-state index in [1.54, 1.807) is 6.07 Å². The fraction of sp³-hybridized carbons (Fsp3) is 0.167. The second-order valence-corrected chi connectivity index (χ2v) is 3.34. The summed E-state index contributed by atoms with van der Waals surface area (Å²) in [5.41, 5.74) is 6.43. The Morgan fingerprint density at radius 2 is 2.12 bits per heavy atom. The van der Waals surface area contributed by atoms with Crippen LogP contribution in [0.3, 0.4) is 0 Å². The van der Waals surface area contributed by atoms with E-state index in [9.17, 15) is 4.39 Å². The van der Waals surface area contributed by atoms with Gasteiger partial charge < -0.3 is 10.5 Å². The van der Waals surface area contributed by atoms with Crippen molar-refractivity contribution in [3.8, 4) is 17.0 Å². The molecule has 0 atom stereocenters. The molecule has 0 bridgehead atoms. The largest absolute Gasteiger partial charge is 0.489 e. The summed E-state index contributed by atoms with van der Waals surface area (Å²) in [4.78, 5) is 7.91. The summed E-state index contributed by atoms with van der Waals surface area (Å²) >= 11 is 0. The summed E-state index contributed by atoms with van der Waals surface area (Å²) in [5.74, 6) is 0.182. The van der Waals surface area contributed by atoms with Crippen LogP contribution in [0.15, 0.2) is 30.6 Å². The van der Waals surface area contributed by atoms with E-state index in [4.69, 9.17) is 10.5 Å². The van der Waals surface area contributed by atoms with Gasteiger partial charge in [0, 0.05) is 12.4 Å². The molecule has 0 aliphatic heterocycles. The maximum Gasteiger partial charge on any atom is 0.170 e. The van der Waals surface area contributed by atoms with Gasteiger partial charge >= 0.3 is 0 Å². The summed E-state index contributed by atoms with van der Waals surface area (Å²) < 4.78 is 19.0. The van der Waals surface area contributed by atoms with E-state index in [0.717, 1.165) is 0 Å². The summed E-state index contributed by atoms with van der Waals surface area (Å²) in [5, 5.41) is 0. The minimum absolute atomic E-state index is 0.213. The number of nitrogens with zero attached hydrogens (tertiary/aromatic N) is 2. The molecule has 17 heavy (non-hydrogen) atoms. The first-order chi connectivity index (χ1) is 8.24. The van der Waals surface area contributed by atoms with Gasteiger partial charge in [-0.1, -0.05) is 0 Å². The molecule has 2 aromatic rings. The molecule has 4 nitrogen and oxygen atoms in total. The Balaban J connectivity index is 2.59. The van der Waals surface area contributed by atoms with E-state index >= 15 is 0 Å². The highest BCUT2D eigenvalue weighted by Gasteiger charge is 2.14. The van der Waals surface area contributed by atoms with Crippen LogP contribution >= 0.6 is 0 Å². The van der Waals surface area contributed by atoms with Crippen LogP contribution in [0.5, 0.6) is 5.75 Å². The van der Waals surface area contributed by atoms with E-state index in [1.165, 1.54) is 24.5 Å². The zero-order valence-electron chi connectivity index (χ0n) is 9.35. The average Bonchev–Trinajstić information content (AvgIpc) is 2.33. The first kappa shape index (κ1) is 11.3. The molecule has 2 aromatic heterocycles. The fourth-order valence-electron chi connectivity index (χ4n) is 1.53. The van der Waals surface area contributed by atoms with Crippen molar-refractivity contribution in [1.29, 1.82) is 0 Å². The monoisotopic (exact) mass is 233 g/mol. The third-order valence-electron chi connectivity index (χ3n) is 2.23. The van der Waals surface area contributed by atoms with E-state index in [2.05, 4.69) is 9.97 Å². The third-order valence-corrected chi connectivity index (χ3v) is 2.23. The molecule has 0 aromatic carbocycles. The molecule has 0 saturated heterocycles. The lowest BCUT2D eigenvalue weighted by molar-refractivity contribution is 0.342. The molecule has 0 spiro atoms. The Kier molecular flexibility index (Phi) is 3.18. The molecular formula is C12H12FN3O. The van der Waals surface area contributed by atoms with E-state index in [-0.39, 0.29) is 11.5 Å². The molecule has 0 amide bonds. The molecule has 0 radical (unpaired) electrons. The van der Waals surface area contributed by atoms with Gasteiger partial charge in [-0.25, -0.2) is 9.37 Å². The van der Waals surface area contributed by atoms with Crippen LogP contribution in [-0.2, 0) is 0 Å². The smallest absolute Gasteiger partial charge is 0.170 e. The number of rotatable bonds is 3. The van der Waals surface area contributed by atoms with Crippen LogP contribution in [-0.4, -0.2) is 16.6 Å². The van der Waals surface area contributed by atoms with Gasteiger partial charge in [0.2, 0.25) is 0 Å². The highest BCUT2D eigenvalue weighted by molar-refractivity contribution is 5.72. The molecule has 2 rings (SSSR count). The number of hydrogen-bond acceptors (Lipinski definition) is 4. The van der Waals surface area contributed by atoms with Gasteiger partial charge in [-0.2, -0.15) is 0 Å². The molecule has 2 N–H and O–H groups in total. The first-order valence-electron chi connectivity index (χ1n) is 5.22. The average molecular weight is 233 g/mol. The van der Waals surface area contributed by atoms with Crippen molar-refractivity contribution in [3.63, 3.8) is 0 Å². The highest BCUT2D eigenvalue weighted by Crippen LogP contribution is 2.33. The van der Waals surface area contributed by atoms with E-state index in [0.29, 0.717) is 17.9 Å². The maximum absolute atomic E-state index is 13.6. The van der Waals surface area contributed by atoms with Crippen molar-refractivity contribution in [1.82, 2.24) is 9.97 Å². The number of aromatic nitrogens is 2. The summed E-state index contributed by atoms with van der Waals surface area (Å²) in [6, 6.07) is 4.51. The lowest BCUT2D eigenvalue weighted by Crippen LogP contribution is -2.02.